The molecular formula is C15H24N2O4. The van der Waals surface area contributed by atoms with Crippen LogP contribution in [0.4, 0.5) is 10.5 Å². The molecule has 0 aromatic heterocycles. The number of anilines is 1. The summed E-state index contributed by atoms with van der Waals surface area (Å²) in [6.07, 6.45) is -0.176. The summed E-state index contributed by atoms with van der Waals surface area (Å²) in [5.41, 5.74) is 0.454. The van der Waals surface area contributed by atoms with Crippen LogP contribution in [-0.2, 0) is 0 Å². The lowest BCUT2D eigenvalue weighted by atomic mass is 10.2. The van der Waals surface area contributed by atoms with Crippen LogP contribution in [0, 0.1) is 0 Å². The molecule has 0 bridgehead atoms. The summed E-state index contributed by atoms with van der Waals surface area (Å²) in [6.45, 7) is 7.94. The van der Waals surface area contributed by atoms with Crippen LogP contribution in [0.15, 0.2) is 18.2 Å². The Morgan fingerprint density at radius 1 is 1.29 bits per heavy atom. The Morgan fingerprint density at radius 3 is 2.57 bits per heavy atom. The number of hydrogen-bond acceptors (Lipinski definition) is 4. The first kappa shape index (κ1) is 17.1. The van der Waals surface area contributed by atoms with Crippen LogP contribution in [0.25, 0.3) is 0 Å². The first-order valence-electron chi connectivity index (χ1n) is 7.13. The zero-order chi connectivity index (χ0) is 15.7. The quantitative estimate of drug-likeness (QED) is 0.686. The van der Waals surface area contributed by atoms with Crippen molar-refractivity contribution in [2.75, 3.05) is 38.7 Å². The van der Waals surface area contributed by atoms with Crippen LogP contribution in [-0.4, -0.2) is 49.5 Å². The standard InChI is InChI=1S/C15H24N2O4/c1-4-17(5-2)9-6-10-21-13-8-7-12(16-15(18)19)11-14(13)20-3/h7-8,11,16H,4-6,9-10H2,1-3H3,(H,18,19). The summed E-state index contributed by atoms with van der Waals surface area (Å²) < 4.78 is 10.9. The van der Waals surface area contributed by atoms with Crippen LogP contribution >= 0.6 is 0 Å². The maximum absolute atomic E-state index is 10.6. The van der Waals surface area contributed by atoms with E-state index >= 15 is 0 Å². The van der Waals surface area contributed by atoms with Crippen molar-refractivity contribution < 1.29 is 19.4 Å². The Balaban J connectivity index is 2.52. The number of benzene rings is 1. The van der Waals surface area contributed by atoms with Gasteiger partial charge in [-0.2, -0.15) is 0 Å². The zero-order valence-corrected chi connectivity index (χ0v) is 12.9. The van der Waals surface area contributed by atoms with Gasteiger partial charge in [0.1, 0.15) is 0 Å². The predicted octanol–water partition coefficient (Wildman–Crippen LogP) is 2.90. The van der Waals surface area contributed by atoms with Gasteiger partial charge in [-0.3, -0.25) is 5.32 Å². The summed E-state index contributed by atoms with van der Waals surface area (Å²) in [5, 5.41) is 11.0. The van der Waals surface area contributed by atoms with Crippen molar-refractivity contribution in [3.8, 4) is 11.5 Å². The average molecular weight is 296 g/mol. The third kappa shape index (κ3) is 5.91. The SMILES string of the molecule is CCN(CC)CCCOc1ccc(NC(=O)O)cc1OC. The summed E-state index contributed by atoms with van der Waals surface area (Å²) in [5.74, 6) is 1.14. The van der Waals surface area contributed by atoms with Crippen molar-refractivity contribution >= 4 is 11.8 Å². The molecule has 0 saturated heterocycles. The van der Waals surface area contributed by atoms with Gasteiger partial charge in [0.05, 0.1) is 13.7 Å². The van der Waals surface area contributed by atoms with Crippen molar-refractivity contribution in [1.29, 1.82) is 0 Å². The van der Waals surface area contributed by atoms with Crippen LogP contribution in [0.5, 0.6) is 11.5 Å². The second kappa shape index (κ2) is 9.07. The van der Waals surface area contributed by atoms with Gasteiger partial charge in [-0.1, -0.05) is 13.8 Å². The number of nitrogens with one attached hydrogen (secondary N) is 1. The molecule has 0 atom stereocenters. The summed E-state index contributed by atoms with van der Waals surface area (Å²) in [4.78, 5) is 12.9. The van der Waals surface area contributed by atoms with Gasteiger partial charge in [0.2, 0.25) is 0 Å². The minimum atomic E-state index is -1.11. The number of methoxy groups -OCH3 is 1. The molecule has 1 rings (SSSR count). The molecule has 0 heterocycles. The number of amides is 1. The van der Waals surface area contributed by atoms with Crippen LogP contribution in [0.2, 0.25) is 0 Å². The molecule has 0 aliphatic rings. The van der Waals surface area contributed by atoms with E-state index in [1.165, 1.54) is 7.11 Å². The number of hydrogen-bond donors (Lipinski definition) is 2. The molecule has 6 heteroatoms. The first-order valence-corrected chi connectivity index (χ1v) is 7.13. The van der Waals surface area contributed by atoms with Gasteiger partial charge in [0.25, 0.3) is 0 Å². The molecule has 0 spiro atoms. The van der Waals surface area contributed by atoms with Crippen LogP contribution in [0.1, 0.15) is 20.3 Å². The van der Waals surface area contributed by atoms with Crippen molar-refractivity contribution in [1.82, 2.24) is 4.90 Å². The predicted molar refractivity (Wildman–Crippen MR) is 82.5 cm³/mol. The van der Waals surface area contributed by atoms with Gasteiger partial charge in [0, 0.05) is 18.3 Å². The third-order valence-corrected chi connectivity index (χ3v) is 3.19. The van der Waals surface area contributed by atoms with E-state index in [-0.39, 0.29) is 0 Å². The number of ether oxygens (including phenoxy) is 2. The fourth-order valence-corrected chi connectivity index (χ4v) is 2.00. The lowest BCUT2D eigenvalue weighted by molar-refractivity contribution is 0.209. The molecular weight excluding hydrogens is 272 g/mol. The fourth-order valence-electron chi connectivity index (χ4n) is 2.00. The van der Waals surface area contributed by atoms with E-state index in [4.69, 9.17) is 14.6 Å². The molecule has 1 aromatic rings. The Bertz CT molecular complexity index is 447. The molecule has 0 fully saturated rings. The van der Waals surface area contributed by atoms with E-state index in [9.17, 15) is 4.79 Å². The van der Waals surface area contributed by atoms with Gasteiger partial charge in [-0.25, -0.2) is 4.79 Å². The van der Waals surface area contributed by atoms with E-state index in [0.717, 1.165) is 26.1 Å². The minimum Gasteiger partial charge on any atom is -0.493 e. The zero-order valence-electron chi connectivity index (χ0n) is 12.9. The van der Waals surface area contributed by atoms with Gasteiger partial charge in [-0.15, -0.1) is 0 Å². The Morgan fingerprint density at radius 2 is 2.00 bits per heavy atom. The van der Waals surface area contributed by atoms with E-state index in [0.29, 0.717) is 23.8 Å². The van der Waals surface area contributed by atoms with Gasteiger partial charge in [0.15, 0.2) is 11.5 Å². The lowest BCUT2D eigenvalue weighted by Crippen LogP contribution is -2.25. The first-order chi connectivity index (χ1) is 10.1. The number of carboxylic acid groups (broad SMARTS) is 1. The molecule has 0 aliphatic heterocycles. The van der Waals surface area contributed by atoms with Crippen LogP contribution < -0.4 is 14.8 Å². The number of nitrogens with zero attached hydrogens (tertiary/aromatic N) is 1. The molecule has 0 aliphatic carbocycles. The maximum Gasteiger partial charge on any atom is 0.409 e. The summed E-state index contributed by atoms with van der Waals surface area (Å²) >= 11 is 0. The fraction of sp³-hybridized carbons (Fsp3) is 0.533. The molecule has 21 heavy (non-hydrogen) atoms. The molecule has 1 amide bonds. The molecule has 6 nitrogen and oxygen atoms in total. The minimum absolute atomic E-state index is 0.454. The Kier molecular flexibility index (Phi) is 7.39. The van der Waals surface area contributed by atoms with E-state index in [2.05, 4.69) is 24.1 Å². The highest BCUT2D eigenvalue weighted by Crippen LogP contribution is 2.30. The van der Waals surface area contributed by atoms with Gasteiger partial charge in [-0.05, 0) is 31.6 Å². The van der Waals surface area contributed by atoms with Gasteiger partial charge >= 0.3 is 6.09 Å². The lowest BCUT2D eigenvalue weighted by Gasteiger charge is -2.18. The van der Waals surface area contributed by atoms with E-state index in [1.807, 2.05) is 0 Å². The Labute approximate surface area is 125 Å². The largest absolute Gasteiger partial charge is 0.493 e. The van der Waals surface area contributed by atoms with E-state index < -0.39 is 6.09 Å². The molecule has 0 saturated carbocycles. The topological polar surface area (TPSA) is 71.0 Å². The maximum atomic E-state index is 10.6. The van der Waals surface area contributed by atoms with Crippen molar-refractivity contribution in [3.63, 3.8) is 0 Å². The smallest absolute Gasteiger partial charge is 0.409 e. The third-order valence-electron chi connectivity index (χ3n) is 3.19. The molecule has 118 valence electrons. The van der Waals surface area contributed by atoms with Crippen molar-refractivity contribution in [2.24, 2.45) is 0 Å². The highest BCUT2D eigenvalue weighted by atomic mass is 16.5. The normalized spacial score (nSPS) is 10.5. The van der Waals surface area contributed by atoms with Crippen LogP contribution in [0.3, 0.4) is 0 Å². The average Bonchev–Trinajstić information content (AvgIpc) is 2.47. The Hall–Kier alpha value is -1.95. The highest BCUT2D eigenvalue weighted by Gasteiger charge is 2.07. The number of carbonyl (C=O) groups is 1. The van der Waals surface area contributed by atoms with Crippen molar-refractivity contribution in [2.45, 2.75) is 20.3 Å². The summed E-state index contributed by atoms with van der Waals surface area (Å²) in [6, 6.07) is 4.96. The second-order valence-corrected chi connectivity index (χ2v) is 4.52. The second-order valence-electron chi connectivity index (χ2n) is 4.52. The van der Waals surface area contributed by atoms with Crippen molar-refractivity contribution in [3.05, 3.63) is 18.2 Å². The van der Waals surface area contributed by atoms with E-state index in [1.54, 1.807) is 18.2 Å². The summed E-state index contributed by atoms with van der Waals surface area (Å²) in [7, 11) is 1.53. The highest BCUT2D eigenvalue weighted by molar-refractivity contribution is 5.83. The molecule has 0 radical (unpaired) electrons. The monoisotopic (exact) mass is 296 g/mol. The molecule has 1 aromatic carbocycles. The molecule has 0 unspecified atom stereocenters. The number of rotatable bonds is 9. The van der Waals surface area contributed by atoms with Gasteiger partial charge < -0.3 is 19.5 Å². The molecule has 2 N–H and O–H groups in total.